The van der Waals surface area contributed by atoms with Crippen LogP contribution in [-0.4, -0.2) is 59.4 Å². The van der Waals surface area contributed by atoms with E-state index in [9.17, 15) is 14.7 Å². The zero-order chi connectivity index (χ0) is 17.5. The van der Waals surface area contributed by atoms with Gasteiger partial charge in [0.1, 0.15) is 6.10 Å². The van der Waals surface area contributed by atoms with Crippen LogP contribution in [0.15, 0.2) is 11.6 Å². The fourth-order valence-electron chi connectivity index (χ4n) is 4.11. The Hall–Kier alpha value is -1.40. The number of rotatable bonds is 0. The summed E-state index contributed by atoms with van der Waals surface area (Å²) in [4.78, 5) is 27.3. The van der Waals surface area contributed by atoms with Crippen molar-refractivity contribution in [2.45, 2.75) is 57.8 Å². The molecule has 0 aliphatic carbocycles. The number of cyclic esters (lactones) is 1. The lowest BCUT2D eigenvalue weighted by molar-refractivity contribution is -0.172. The van der Waals surface area contributed by atoms with E-state index < -0.39 is 17.5 Å². The molecule has 6 nitrogen and oxygen atoms in total. The summed E-state index contributed by atoms with van der Waals surface area (Å²) in [5.74, 6) is -1.23. The molecule has 0 aromatic carbocycles. The first-order valence-electron chi connectivity index (χ1n) is 8.84. The van der Waals surface area contributed by atoms with Gasteiger partial charge >= 0.3 is 11.9 Å². The lowest BCUT2D eigenvalue weighted by Gasteiger charge is -2.32. The molecule has 0 saturated carbocycles. The number of ether oxygens (including phenoxy) is 2. The molecular weight excluding hydrogens is 310 g/mol. The molecule has 3 fully saturated rings. The molecule has 0 bridgehead atoms. The van der Waals surface area contributed by atoms with Crippen LogP contribution in [0.5, 0.6) is 0 Å². The molecule has 0 spiro atoms. The third-order valence-electron chi connectivity index (χ3n) is 5.97. The van der Waals surface area contributed by atoms with Gasteiger partial charge in [0.05, 0.1) is 12.6 Å². The van der Waals surface area contributed by atoms with E-state index in [1.165, 1.54) is 6.92 Å². The highest BCUT2D eigenvalue weighted by Crippen LogP contribution is 2.36. The van der Waals surface area contributed by atoms with Gasteiger partial charge in [0, 0.05) is 18.0 Å². The zero-order valence-electron chi connectivity index (χ0n) is 14.7. The van der Waals surface area contributed by atoms with Crippen molar-refractivity contribution < 1.29 is 24.2 Å². The van der Waals surface area contributed by atoms with Crippen LogP contribution in [0.1, 0.15) is 40.0 Å². The minimum absolute atomic E-state index is 0.113. The van der Waals surface area contributed by atoms with Crippen LogP contribution in [-0.2, 0) is 19.1 Å². The Labute approximate surface area is 142 Å². The smallest absolute Gasteiger partial charge is 0.338 e. The number of hydrogen-bond acceptors (Lipinski definition) is 6. The molecule has 6 heteroatoms. The maximum Gasteiger partial charge on any atom is 0.338 e. The highest BCUT2D eigenvalue weighted by Gasteiger charge is 2.48. The molecule has 0 amide bonds. The molecule has 5 atom stereocenters. The second-order valence-corrected chi connectivity index (χ2v) is 7.47. The number of aliphatic hydroxyl groups is 1. The average Bonchev–Trinajstić information content (AvgIpc) is 3.12. The normalized spacial score (nSPS) is 42.9. The first kappa shape index (κ1) is 17.4. The Bertz CT molecular complexity index is 556. The average molecular weight is 337 g/mol. The van der Waals surface area contributed by atoms with Crippen LogP contribution in [0.3, 0.4) is 0 Å². The van der Waals surface area contributed by atoms with Crippen LogP contribution in [0.2, 0.25) is 0 Å². The maximum absolute atomic E-state index is 12.6. The van der Waals surface area contributed by atoms with E-state index in [0.29, 0.717) is 5.57 Å². The monoisotopic (exact) mass is 337 g/mol. The summed E-state index contributed by atoms with van der Waals surface area (Å²) in [6, 6.07) is 0.113. The number of carbonyl (C=O) groups excluding carboxylic acids is 2. The van der Waals surface area contributed by atoms with E-state index >= 15 is 0 Å². The lowest BCUT2D eigenvalue weighted by atomic mass is 9.85. The first-order chi connectivity index (χ1) is 11.3. The molecule has 0 aromatic heterocycles. The van der Waals surface area contributed by atoms with Crippen molar-refractivity contribution in [2.24, 2.45) is 11.8 Å². The standard InChI is InChI=1S/C18H27NO5/c1-4-12-9-11(2)18(3,22)17(21)23-10-13-5-7-19-8-6-14(15(13)19)24-16(12)20/h4,11,13-15,22H,5-10H2,1-3H3/b12-4-/t11-,13+,14-,15+,18+/m1/s1. The second-order valence-electron chi connectivity index (χ2n) is 7.47. The summed E-state index contributed by atoms with van der Waals surface area (Å²) in [5, 5.41) is 10.6. The van der Waals surface area contributed by atoms with Crippen molar-refractivity contribution in [3.63, 3.8) is 0 Å². The summed E-state index contributed by atoms with van der Waals surface area (Å²) >= 11 is 0. The summed E-state index contributed by atoms with van der Waals surface area (Å²) in [5.41, 5.74) is -1.12. The topological polar surface area (TPSA) is 76.1 Å². The van der Waals surface area contributed by atoms with E-state index in [2.05, 4.69) is 4.90 Å². The lowest BCUT2D eigenvalue weighted by Crippen LogP contribution is -2.46. The first-order valence-corrected chi connectivity index (χ1v) is 8.84. The Kier molecular flexibility index (Phi) is 4.71. The molecule has 0 radical (unpaired) electrons. The van der Waals surface area contributed by atoms with Gasteiger partial charge in [0.25, 0.3) is 0 Å². The van der Waals surface area contributed by atoms with Crippen LogP contribution >= 0.6 is 0 Å². The third kappa shape index (κ3) is 2.97. The number of nitrogens with zero attached hydrogens (tertiary/aromatic N) is 1. The van der Waals surface area contributed by atoms with Gasteiger partial charge < -0.3 is 14.6 Å². The third-order valence-corrected chi connectivity index (χ3v) is 5.97. The summed E-state index contributed by atoms with van der Waals surface area (Å²) in [6.45, 7) is 7.11. The van der Waals surface area contributed by atoms with Crippen molar-refractivity contribution in [3.05, 3.63) is 11.6 Å². The Balaban J connectivity index is 1.89. The number of allylic oxidation sites excluding steroid dienone is 1. The van der Waals surface area contributed by atoms with Gasteiger partial charge in [0.2, 0.25) is 0 Å². The highest BCUT2D eigenvalue weighted by molar-refractivity contribution is 5.89. The summed E-state index contributed by atoms with van der Waals surface area (Å²) < 4.78 is 11.3. The molecule has 134 valence electrons. The van der Waals surface area contributed by atoms with Gasteiger partial charge in [-0.15, -0.1) is 0 Å². The molecule has 24 heavy (non-hydrogen) atoms. The van der Waals surface area contributed by atoms with E-state index in [1.807, 2.05) is 0 Å². The predicted molar refractivity (Wildman–Crippen MR) is 87.1 cm³/mol. The van der Waals surface area contributed by atoms with Crippen LogP contribution < -0.4 is 0 Å². The summed E-state index contributed by atoms with van der Waals surface area (Å²) in [7, 11) is 0. The Morgan fingerprint density at radius 2 is 2.00 bits per heavy atom. The highest BCUT2D eigenvalue weighted by atomic mass is 16.6. The van der Waals surface area contributed by atoms with Crippen LogP contribution in [0.25, 0.3) is 0 Å². The van der Waals surface area contributed by atoms with Gasteiger partial charge in [-0.1, -0.05) is 13.0 Å². The Morgan fingerprint density at radius 1 is 1.29 bits per heavy atom. The maximum atomic E-state index is 12.6. The second kappa shape index (κ2) is 6.48. The van der Waals surface area contributed by atoms with Crippen molar-refractivity contribution in [1.29, 1.82) is 0 Å². The van der Waals surface area contributed by atoms with Gasteiger partial charge in [-0.2, -0.15) is 0 Å². The minimum Gasteiger partial charge on any atom is -0.463 e. The molecule has 3 rings (SSSR count). The zero-order valence-corrected chi connectivity index (χ0v) is 14.7. The predicted octanol–water partition coefficient (Wildman–Crippen LogP) is 1.27. The summed E-state index contributed by atoms with van der Waals surface area (Å²) in [6.07, 6.45) is 3.59. The molecule has 1 N–H and O–H groups in total. The minimum atomic E-state index is -1.62. The van der Waals surface area contributed by atoms with Crippen molar-refractivity contribution in [2.75, 3.05) is 19.7 Å². The molecule has 3 heterocycles. The van der Waals surface area contributed by atoms with Crippen LogP contribution in [0.4, 0.5) is 0 Å². The molecule has 3 saturated heterocycles. The number of carbonyl (C=O) groups is 2. The van der Waals surface area contributed by atoms with Gasteiger partial charge in [-0.05, 0) is 45.6 Å². The fourth-order valence-corrected chi connectivity index (χ4v) is 4.11. The van der Waals surface area contributed by atoms with Crippen molar-refractivity contribution in [1.82, 2.24) is 4.90 Å². The molecule has 0 aromatic rings. The van der Waals surface area contributed by atoms with Gasteiger partial charge in [-0.3, -0.25) is 4.90 Å². The van der Waals surface area contributed by atoms with Crippen molar-refractivity contribution >= 4 is 11.9 Å². The molecule has 3 aliphatic heterocycles. The molecule has 0 unspecified atom stereocenters. The quantitative estimate of drug-likeness (QED) is 0.530. The SMILES string of the molecule is C/C=C1/C[C@@H](C)[C@](C)(O)C(=O)OC[C@@H]2CCN3CC[C@@H](OC1=O)[C@H]23. The van der Waals surface area contributed by atoms with Gasteiger partial charge in [-0.25, -0.2) is 9.59 Å². The van der Waals surface area contributed by atoms with Gasteiger partial charge in [0.15, 0.2) is 5.60 Å². The number of esters is 2. The van der Waals surface area contributed by atoms with Crippen molar-refractivity contribution in [3.8, 4) is 0 Å². The van der Waals surface area contributed by atoms with Crippen LogP contribution in [0, 0.1) is 11.8 Å². The molecular formula is C18H27NO5. The largest absolute Gasteiger partial charge is 0.463 e. The fraction of sp³-hybridized carbons (Fsp3) is 0.778. The van der Waals surface area contributed by atoms with E-state index in [-0.39, 0.29) is 37.1 Å². The Morgan fingerprint density at radius 3 is 2.71 bits per heavy atom. The number of hydrogen-bond donors (Lipinski definition) is 1. The van der Waals surface area contributed by atoms with E-state index in [0.717, 1.165) is 25.9 Å². The van der Waals surface area contributed by atoms with E-state index in [1.54, 1.807) is 19.9 Å². The molecule has 3 aliphatic rings. The van der Waals surface area contributed by atoms with E-state index in [4.69, 9.17) is 9.47 Å².